The molecule has 3 nitrogen and oxygen atoms in total. The molecule has 0 aliphatic carbocycles. The first-order valence-corrected chi connectivity index (χ1v) is 7.18. The van der Waals surface area contributed by atoms with E-state index in [9.17, 15) is 0 Å². The lowest BCUT2D eigenvalue weighted by molar-refractivity contribution is -0.446. The number of aromatic nitrogens is 1. The van der Waals surface area contributed by atoms with E-state index in [0.29, 0.717) is 0 Å². The van der Waals surface area contributed by atoms with Crippen molar-refractivity contribution in [3.8, 4) is 5.75 Å². The summed E-state index contributed by atoms with van der Waals surface area (Å²) >= 11 is 1.78. The molecule has 4 rings (SSSR count). The van der Waals surface area contributed by atoms with Gasteiger partial charge < -0.3 is 22.9 Å². The van der Waals surface area contributed by atoms with Crippen LogP contribution in [0.5, 0.6) is 5.75 Å². The second-order valence-corrected chi connectivity index (χ2v) is 5.82. The van der Waals surface area contributed by atoms with Crippen molar-refractivity contribution in [1.29, 1.82) is 0 Å². The SMILES string of the molecule is COc1ccc2sc3ccc4cc(N)ccc4[n+]3c2c1.[Cl-]. The fraction of sp³-hybridized carbons (Fsp3) is 0.0625. The summed E-state index contributed by atoms with van der Waals surface area (Å²) < 4.78 is 8.85. The number of methoxy groups -OCH3 is 1. The van der Waals surface area contributed by atoms with E-state index in [2.05, 4.69) is 34.7 Å². The molecule has 2 N–H and O–H groups in total. The van der Waals surface area contributed by atoms with Crippen LogP contribution < -0.4 is 27.3 Å². The first kappa shape index (κ1) is 13.9. The Balaban J connectivity index is 0.00000132. The van der Waals surface area contributed by atoms with Gasteiger partial charge in [-0.2, -0.15) is 0 Å². The van der Waals surface area contributed by atoms with E-state index in [1.807, 2.05) is 18.2 Å². The molecule has 21 heavy (non-hydrogen) atoms. The van der Waals surface area contributed by atoms with Gasteiger partial charge in [0.2, 0.25) is 11.0 Å². The van der Waals surface area contributed by atoms with Crippen LogP contribution in [0.3, 0.4) is 0 Å². The molecule has 0 saturated carbocycles. The fourth-order valence-electron chi connectivity index (χ4n) is 2.59. The molecule has 4 aromatic rings. The van der Waals surface area contributed by atoms with Gasteiger partial charge in [-0.1, -0.05) is 11.3 Å². The zero-order valence-electron chi connectivity index (χ0n) is 11.3. The van der Waals surface area contributed by atoms with Gasteiger partial charge in [-0.15, -0.1) is 4.40 Å². The van der Waals surface area contributed by atoms with Gasteiger partial charge in [0, 0.05) is 23.2 Å². The number of ether oxygens (including phenoxy) is 1. The van der Waals surface area contributed by atoms with Crippen LogP contribution in [-0.4, -0.2) is 7.11 Å². The summed E-state index contributed by atoms with van der Waals surface area (Å²) in [4.78, 5) is 1.21. The third-order valence-corrected chi connectivity index (χ3v) is 4.63. The minimum absolute atomic E-state index is 0. The number of anilines is 1. The number of pyridine rings is 1. The number of rotatable bonds is 1. The largest absolute Gasteiger partial charge is 1.00 e. The van der Waals surface area contributed by atoms with E-state index in [4.69, 9.17) is 10.5 Å². The van der Waals surface area contributed by atoms with Crippen LogP contribution >= 0.6 is 11.3 Å². The smallest absolute Gasteiger partial charge is 0.268 e. The van der Waals surface area contributed by atoms with E-state index in [-0.39, 0.29) is 12.4 Å². The lowest BCUT2D eigenvalue weighted by Gasteiger charge is -1.98. The molecule has 0 aliphatic heterocycles. The van der Waals surface area contributed by atoms with E-state index in [1.54, 1.807) is 18.4 Å². The lowest BCUT2D eigenvalue weighted by atomic mass is 10.2. The number of halogens is 1. The molecule has 0 atom stereocenters. The Morgan fingerprint density at radius 3 is 2.67 bits per heavy atom. The second-order valence-electron chi connectivity index (χ2n) is 4.76. The summed E-state index contributed by atoms with van der Waals surface area (Å²) in [6.07, 6.45) is 0. The van der Waals surface area contributed by atoms with Crippen LogP contribution in [0.25, 0.3) is 25.9 Å². The molecule has 2 aromatic heterocycles. The Morgan fingerprint density at radius 1 is 1.00 bits per heavy atom. The van der Waals surface area contributed by atoms with E-state index in [1.165, 1.54) is 15.0 Å². The molecule has 0 saturated heterocycles. The number of hydrogen-bond acceptors (Lipinski definition) is 3. The number of hydrogen-bond donors (Lipinski definition) is 1. The molecular weight excluding hydrogens is 304 g/mol. The maximum Gasteiger partial charge on any atom is 0.268 e. The summed E-state index contributed by atoms with van der Waals surface area (Å²) in [5.74, 6) is 0.872. The number of thiazole rings is 1. The molecule has 106 valence electrons. The van der Waals surface area contributed by atoms with Gasteiger partial charge in [0.05, 0.1) is 13.2 Å². The normalized spacial score (nSPS) is 10.9. The van der Waals surface area contributed by atoms with Gasteiger partial charge in [0.15, 0.2) is 0 Å². The minimum atomic E-state index is 0. The Bertz CT molecular complexity index is 965. The van der Waals surface area contributed by atoms with Gasteiger partial charge >= 0.3 is 0 Å². The standard InChI is InChI=1S/C16H13N2OS.ClH/c1-19-12-4-6-15-14(9-12)18-13-5-3-11(17)8-10(13)2-7-16(18)20-15;/h2-9H,17H2,1H3;1H/q+1;/p-1. The maximum absolute atomic E-state index is 5.87. The highest BCUT2D eigenvalue weighted by Crippen LogP contribution is 2.27. The first-order valence-electron chi connectivity index (χ1n) is 6.37. The Kier molecular flexibility index (Phi) is 3.35. The van der Waals surface area contributed by atoms with Crippen LogP contribution in [0, 0.1) is 0 Å². The average Bonchev–Trinajstić information content (AvgIpc) is 2.84. The van der Waals surface area contributed by atoms with Crippen LogP contribution in [0.15, 0.2) is 48.5 Å². The van der Waals surface area contributed by atoms with E-state index < -0.39 is 0 Å². The van der Waals surface area contributed by atoms with Crippen molar-refractivity contribution >= 4 is 43.0 Å². The van der Waals surface area contributed by atoms with Crippen molar-refractivity contribution in [2.45, 2.75) is 0 Å². The van der Waals surface area contributed by atoms with Crippen molar-refractivity contribution in [3.05, 3.63) is 48.5 Å². The number of benzene rings is 2. The topological polar surface area (TPSA) is 39.4 Å². The molecule has 0 radical (unpaired) electrons. The highest BCUT2D eigenvalue weighted by atomic mass is 35.5. The zero-order valence-corrected chi connectivity index (χ0v) is 12.9. The molecule has 0 amide bonds. The maximum atomic E-state index is 5.87. The molecule has 0 spiro atoms. The number of nitrogens with two attached hydrogens (primary N) is 1. The van der Waals surface area contributed by atoms with Crippen molar-refractivity contribution in [2.24, 2.45) is 0 Å². The molecule has 0 aliphatic rings. The van der Waals surface area contributed by atoms with Crippen LogP contribution in [0.2, 0.25) is 0 Å². The third kappa shape index (κ3) is 2.07. The van der Waals surface area contributed by atoms with Gasteiger partial charge in [0.25, 0.3) is 4.83 Å². The molecule has 0 bridgehead atoms. The Morgan fingerprint density at radius 2 is 1.86 bits per heavy atom. The lowest BCUT2D eigenvalue weighted by Crippen LogP contribution is -3.00. The predicted molar refractivity (Wildman–Crippen MR) is 83.5 cm³/mol. The second kappa shape index (κ2) is 5.06. The summed E-state index contributed by atoms with van der Waals surface area (Å²) in [5.41, 5.74) is 8.99. The van der Waals surface area contributed by atoms with Crippen LogP contribution in [0.4, 0.5) is 5.69 Å². The summed E-state index contributed by atoms with van der Waals surface area (Å²) in [5, 5.41) is 1.14. The number of fused-ring (bicyclic) bond motifs is 5. The average molecular weight is 317 g/mol. The third-order valence-electron chi connectivity index (χ3n) is 3.54. The van der Waals surface area contributed by atoms with Gasteiger partial charge in [0.1, 0.15) is 10.4 Å². The number of nitrogen functional groups attached to an aromatic ring is 1. The summed E-state index contributed by atoms with van der Waals surface area (Å²) in [6.45, 7) is 0. The van der Waals surface area contributed by atoms with E-state index in [0.717, 1.165) is 22.3 Å². The Hall–Kier alpha value is -2.04. The monoisotopic (exact) mass is 316 g/mol. The Labute approximate surface area is 132 Å². The summed E-state index contributed by atoms with van der Waals surface area (Å²) in [7, 11) is 1.69. The number of nitrogens with zero attached hydrogens (tertiary/aromatic N) is 1. The molecule has 0 unspecified atom stereocenters. The molecular formula is C16H13ClN2OS. The van der Waals surface area contributed by atoms with Crippen molar-refractivity contribution in [2.75, 3.05) is 12.8 Å². The van der Waals surface area contributed by atoms with Gasteiger partial charge in [-0.3, -0.25) is 0 Å². The van der Waals surface area contributed by atoms with Crippen LogP contribution in [0.1, 0.15) is 0 Å². The van der Waals surface area contributed by atoms with Crippen molar-refractivity contribution in [1.82, 2.24) is 0 Å². The quantitative estimate of drug-likeness (QED) is 0.407. The molecule has 2 aromatic carbocycles. The van der Waals surface area contributed by atoms with Crippen molar-refractivity contribution in [3.63, 3.8) is 0 Å². The minimum Gasteiger partial charge on any atom is -1.00 e. The molecule has 0 fully saturated rings. The first-order chi connectivity index (χ1) is 9.76. The van der Waals surface area contributed by atoms with E-state index >= 15 is 0 Å². The van der Waals surface area contributed by atoms with Gasteiger partial charge in [-0.25, -0.2) is 0 Å². The molecule has 5 heteroatoms. The zero-order chi connectivity index (χ0) is 13.7. The van der Waals surface area contributed by atoms with Gasteiger partial charge in [-0.05, 0) is 30.3 Å². The van der Waals surface area contributed by atoms with Crippen molar-refractivity contribution < 1.29 is 21.5 Å². The predicted octanol–water partition coefficient (Wildman–Crippen LogP) is 0.388. The highest BCUT2D eigenvalue weighted by molar-refractivity contribution is 7.23. The highest BCUT2D eigenvalue weighted by Gasteiger charge is 2.18. The fourth-order valence-corrected chi connectivity index (χ4v) is 3.63. The molecule has 2 heterocycles. The van der Waals surface area contributed by atoms with Crippen LogP contribution in [-0.2, 0) is 0 Å². The summed E-state index contributed by atoms with van der Waals surface area (Å²) in [6, 6.07) is 16.5.